The first-order valence-electron chi connectivity index (χ1n) is 5.44. The number of hydrogen-bond donors (Lipinski definition) is 1. The molecule has 16 heavy (non-hydrogen) atoms. The largest absolute Gasteiger partial charge is 0.378 e. The monoisotopic (exact) mass is 224 g/mol. The van der Waals surface area contributed by atoms with Crippen molar-refractivity contribution >= 4 is 5.95 Å². The minimum Gasteiger partial charge on any atom is -0.378 e. The zero-order valence-electron chi connectivity index (χ0n) is 10.2. The minimum atomic E-state index is 0.663. The molecular formula is C11H20N4O. The highest BCUT2D eigenvalue weighted by atomic mass is 16.5. The summed E-state index contributed by atoms with van der Waals surface area (Å²) in [6.45, 7) is 5.05. The fourth-order valence-corrected chi connectivity index (χ4v) is 1.12. The quantitative estimate of drug-likeness (QED) is 0.693. The van der Waals surface area contributed by atoms with Gasteiger partial charge in [0.25, 0.3) is 0 Å². The molecule has 0 fully saturated rings. The second-order valence-electron chi connectivity index (χ2n) is 3.86. The van der Waals surface area contributed by atoms with E-state index in [2.05, 4.69) is 20.2 Å². The molecule has 0 atom stereocenters. The average Bonchev–Trinajstić information content (AvgIpc) is 2.23. The fourth-order valence-electron chi connectivity index (χ4n) is 1.12. The Morgan fingerprint density at radius 1 is 1.38 bits per heavy atom. The molecule has 5 heteroatoms. The van der Waals surface area contributed by atoms with Crippen molar-refractivity contribution in [1.29, 1.82) is 0 Å². The molecule has 1 heterocycles. The first-order valence-corrected chi connectivity index (χ1v) is 5.44. The zero-order valence-corrected chi connectivity index (χ0v) is 10.2. The zero-order chi connectivity index (χ0) is 11.8. The molecule has 0 amide bonds. The predicted octanol–water partition coefficient (Wildman–Crippen LogP) is 0.775. The van der Waals surface area contributed by atoms with Crippen LogP contribution in [0.1, 0.15) is 5.69 Å². The molecular weight excluding hydrogens is 204 g/mol. The van der Waals surface area contributed by atoms with E-state index in [9.17, 15) is 0 Å². The van der Waals surface area contributed by atoms with Crippen LogP contribution in [0.3, 0.4) is 0 Å². The van der Waals surface area contributed by atoms with E-state index in [1.807, 2.05) is 27.1 Å². The van der Waals surface area contributed by atoms with Gasteiger partial charge in [-0.25, -0.2) is 9.97 Å². The second-order valence-corrected chi connectivity index (χ2v) is 3.86. The lowest BCUT2D eigenvalue weighted by Gasteiger charge is -2.10. The number of anilines is 1. The first kappa shape index (κ1) is 12.9. The normalized spacial score (nSPS) is 10.8. The van der Waals surface area contributed by atoms with Gasteiger partial charge in [-0.15, -0.1) is 0 Å². The number of nitrogens with one attached hydrogen (secondary N) is 1. The van der Waals surface area contributed by atoms with Crippen LogP contribution in [0.2, 0.25) is 0 Å². The van der Waals surface area contributed by atoms with E-state index in [1.165, 1.54) is 0 Å². The smallest absolute Gasteiger partial charge is 0.222 e. The van der Waals surface area contributed by atoms with Gasteiger partial charge in [0, 0.05) is 25.0 Å². The Hall–Kier alpha value is -1.20. The van der Waals surface area contributed by atoms with Crippen LogP contribution in [0.15, 0.2) is 12.3 Å². The predicted molar refractivity (Wildman–Crippen MR) is 64.6 cm³/mol. The van der Waals surface area contributed by atoms with Crippen LogP contribution in [-0.4, -0.2) is 55.3 Å². The van der Waals surface area contributed by atoms with Crippen LogP contribution in [0.4, 0.5) is 5.95 Å². The molecule has 1 aromatic heterocycles. The SMILES string of the molecule is Cc1ccnc(NCCOCCN(C)C)n1. The topological polar surface area (TPSA) is 50.3 Å². The van der Waals surface area contributed by atoms with Gasteiger partial charge in [0.1, 0.15) is 0 Å². The molecule has 1 N–H and O–H groups in total. The molecule has 0 aliphatic heterocycles. The molecule has 0 aliphatic rings. The van der Waals surface area contributed by atoms with Gasteiger partial charge >= 0.3 is 0 Å². The highest BCUT2D eigenvalue weighted by Gasteiger charge is 1.95. The van der Waals surface area contributed by atoms with Crippen molar-refractivity contribution in [2.24, 2.45) is 0 Å². The third kappa shape index (κ3) is 5.63. The van der Waals surface area contributed by atoms with Crippen molar-refractivity contribution in [3.8, 4) is 0 Å². The third-order valence-electron chi connectivity index (χ3n) is 2.01. The van der Waals surface area contributed by atoms with Gasteiger partial charge in [-0.05, 0) is 27.1 Å². The Labute approximate surface area is 96.8 Å². The van der Waals surface area contributed by atoms with Crippen molar-refractivity contribution in [3.05, 3.63) is 18.0 Å². The highest BCUT2D eigenvalue weighted by Crippen LogP contribution is 1.97. The number of rotatable bonds is 7. The first-order chi connectivity index (χ1) is 7.68. The molecule has 5 nitrogen and oxygen atoms in total. The molecule has 0 aliphatic carbocycles. The van der Waals surface area contributed by atoms with E-state index < -0.39 is 0 Å². The molecule has 0 aromatic carbocycles. The summed E-state index contributed by atoms with van der Waals surface area (Å²) in [7, 11) is 4.06. The molecule has 0 spiro atoms. The van der Waals surface area contributed by atoms with Crippen molar-refractivity contribution in [3.63, 3.8) is 0 Å². The minimum absolute atomic E-state index is 0.663. The van der Waals surface area contributed by atoms with E-state index in [4.69, 9.17) is 4.74 Å². The lowest BCUT2D eigenvalue weighted by atomic mass is 10.5. The lowest BCUT2D eigenvalue weighted by Crippen LogP contribution is -2.20. The van der Waals surface area contributed by atoms with E-state index in [1.54, 1.807) is 6.20 Å². The fraction of sp³-hybridized carbons (Fsp3) is 0.636. The van der Waals surface area contributed by atoms with Crippen LogP contribution in [0.25, 0.3) is 0 Å². The van der Waals surface area contributed by atoms with Crippen LogP contribution in [0.5, 0.6) is 0 Å². The summed E-state index contributed by atoms with van der Waals surface area (Å²) in [6, 6.07) is 1.87. The molecule has 0 bridgehead atoms. The molecule has 90 valence electrons. The van der Waals surface area contributed by atoms with Crippen LogP contribution < -0.4 is 5.32 Å². The Morgan fingerprint density at radius 2 is 2.19 bits per heavy atom. The lowest BCUT2D eigenvalue weighted by molar-refractivity contribution is 0.126. The van der Waals surface area contributed by atoms with Gasteiger partial charge in [-0.3, -0.25) is 0 Å². The maximum atomic E-state index is 5.44. The molecule has 0 radical (unpaired) electrons. The number of hydrogen-bond acceptors (Lipinski definition) is 5. The summed E-state index contributed by atoms with van der Waals surface area (Å²) in [5.74, 6) is 0.663. The van der Waals surface area contributed by atoms with E-state index in [0.29, 0.717) is 12.6 Å². The van der Waals surface area contributed by atoms with E-state index in [-0.39, 0.29) is 0 Å². The number of aryl methyl sites for hydroxylation is 1. The Morgan fingerprint density at radius 3 is 2.88 bits per heavy atom. The highest BCUT2D eigenvalue weighted by molar-refractivity contribution is 5.24. The number of likely N-dealkylation sites (N-methyl/N-ethyl adjacent to an activating group) is 1. The van der Waals surface area contributed by atoms with Gasteiger partial charge in [-0.1, -0.05) is 0 Å². The van der Waals surface area contributed by atoms with Crippen molar-refractivity contribution in [1.82, 2.24) is 14.9 Å². The Kier molecular flexibility index (Phi) is 5.74. The summed E-state index contributed by atoms with van der Waals surface area (Å²) in [4.78, 5) is 10.4. The van der Waals surface area contributed by atoms with Crippen LogP contribution in [-0.2, 0) is 4.74 Å². The summed E-state index contributed by atoms with van der Waals surface area (Å²) in [5.41, 5.74) is 0.964. The molecule has 1 rings (SSSR count). The van der Waals surface area contributed by atoms with Crippen LogP contribution >= 0.6 is 0 Å². The molecule has 0 unspecified atom stereocenters. The van der Waals surface area contributed by atoms with E-state index in [0.717, 1.165) is 25.4 Å². The summed E-state index contributed by atoms with van der Waals surface area (Å²) < 4.78 is 5.44. The maximum absolute atomic E-state index is 5.44. The summed E-state index contributed by atoms with van der Waals surface area (Å²) >= 11 is 0. The molecule has 1 aromatic rings. The third-order valence-corrected chi connectivity index (χ3v) is 2.01. The van der Waals surface area contributed by atoms with Crippen molar-refractivity contribution < 1.29 is 4.74 Å². The number of nitrogens with zero attached hydrogens (tertiary/aromatic N) is 3. The number of aromatic nitrogens is 2. The summed E-state index contributed by atoms with van der Waals surface area (Å²) in [6.07, 6.45) is 1.75. The standard InChI is InChI=1S/C11H20N4O/c1-10-4-5-12-11(14-10)13-6-8-16-9-7-15(2)3/h4-5H,6-9H2,1-3H3,(H,12,13,14). The molecule has 0 saturated heterocycles. The van der Waals surface area contributed by atoms with Crippen molar-refractivity contribution in [2.75, 3.05) is 45.7 Å². The van der Waals surface area contributed by atoms with Gasteiger partial charge < -0.3 is 15.0 Å². The van der Waals surface area contributed by atoms with Crippen molar-refractivity contribution in [2.45, 2.75) is 6.92 Å². The van der Waals surface area contributed by atoms with Gasteiger partial charge in [0.15, 0.2) is 0 Å². The number of ether oxygens (including phenoxy) is 1. The van der Waals surface area contributed by atoms with Gasteiger partial charge in [0.05, 0.1) is 13.2 Å². The maximum Gasteiger partial charge on any atom is 0.222 e. The molecule has 0 saturated carbocycles. The van der Waals surface area contributed by atoms with Crippen LogP contribution in [0, 0.1) is 6.92 Å². The average molecular weight is 224 g/mol. The second kappa shape index (κ2) is 7.14. The Bertz CT molecular complexity index is 304. The van der Waals surface area contributed by atoms with Gasteiger partial charge in [-0.2, -0.15) is 0 Å². The van der Waals surface area contributed by atoms with Gasteiger partial charge in [0.2, 0.25) is 5.95 Å². The van der Waals surface area contributed by atoms with E-state index >= 15 is 0 Å². The Balaban J connectivity index is 2.07. The summed E-state index contributed by atoms with van der Waals surface area (Å²) in [5, 5.41) is 3.11.